The average Bonchev–Trinajstić information content (AvgIpc) is 2.53. The van der Waals surface area contributed by atoms with Crippen LogP contribution in [0.3, 0.4) is 0 Å². The Bertz CT molecular complexity index is 633. The van der Waals surface area contributed by atoms with Crippen LogP contribution in [-0.4, -0.2) is 12.4 Å². The molecule has 0 aliphatic heterocycles. The van der Waals surface area contributed by atoms with Crippen molar-refractivity contribution in [3.05, 3.63) is 59.7 Å². The van der Waals surface area contributed by atoms with Gasteiger partial charge in [-0.05, 0) is 35.4 Å². The molecule has 136 valence electrons. The predicted molar refractivity (Wildman–Crippen MR) is 86.3 cm³/mol. The Morgan fingerprint density at radius 1 is 0.600 bits per heavy atom. The highest BCUT2D eigenvalue weighted by molar-refractivity contribution is 7.99. The van der Waals surface area contributed by atoms with Crippen molar-refractivity contribution >= 4 is 35.0 Å². The molecule has 0 aliphatic carbocycles. The number of benzene rings is 2. The van der Waals surface area contributed by atoms with Gasteiger partial charge in [0, 0.05) is 9.79 Å². The lowest BCUT2D eigenvalue weighted by atomic mass is 10.1. The molecule has 2 atom stereocenters. The molecule has 25 heavy (non-hydrogen) atoms. The SMILES string of the molecule is FC(F)(F)C(Cl)c1ccc(Sc2ccc(C(Cl)C(F)(F)F)cc2)cc1. The largest absolute Gasteiger partial charge is 0.408 e. The molecule has 0 heterocycles. The van der Waals surface area contributed by atoms with Crippen LogP contribution >= 0.6 is 35.0 Å². The Kier molecular flexibility index (Phi) is 6.22. The van der Waals surface area contributed by atoms with Gasteiger partial charge in [0.1, 0.15) is 0 Å². The van der Waals surface area contributed by atoms with Gasteiger partial charge in [-0.25, -0.2) is 0 Å². The van der Waals surface area contributed by atoms with Crippen molar-refractivity contribution in [1.82, 2.24) is 0 Å². The van der Waals surface area contributed by atoms with Gasteiger partial charge >= 0.3 is 12.4 Å². The summed E-state index contributed by atoms with van der Waals surface area (Å²) in [6.07, 6.45) is -9.08. The molecular weight excluding hydrogens is 409 g/mol. The van der Waals surface area contributed by atoms with E-state index in [9.17, 15) is 26.3 Å². The summed E-state index contributed by atoms with van der Waals surface area (Å²) in [7, 11) is 0. The molecule has 0 saturated carbocycles. The molecule has 2 rings (SSSR count). The predicted octanol–water partition coefficient (Wildman–Crippen LogP) is 7.52. The Hall–Kier alpha value is -1.05. The van der Waals surface area contributed by atoms with E-state index in [1.165, 1.54) is 60.3 Å². The second-order valence-corrected chi connectivity index (χ2v) is 7.07. The topological polar surface area (TPSA) is 0 Å². The molecule has 0 N–H and O–H groups in total. The van der Waals surface area contributed by atoms with Crippen molar-refractivity contribution in [3.8, 4) is 0 Å². The summed E-state index contributed by atoms with van der Waals surface area (Å²) in [6.45, 7) is 0. The van der Waals surface area contributed by atoms with Crippen LogP contribution in [0.4, 0.5) is 26.3 Å². The van der Waals surface area contributed by atoms with Crippen molar-refractivity contribution in [1.29, 1.82) is 0 Å². The summed E-state index contributed by atoms with van der Waals surface area (Å²) in [4.78, 5) is 1.25. The Morgan fingerprint density at radius 3 is 1.12 bits per heavy atom. The number of rotatable bonds is 4. The molecule has 0 radical (unpaired) electrons. The van der Waals surface area contributed by atoms with Crippen LogP contribution in [0.2, 0.25) is 0 Å². The van der Waals surface area contributed by atoms with Crippen molar-refractivity contribution in [3.63, 3.8) is 0 Å². The summed E-state index contributed by atoms with van der Waals surface area (Å²) in [6, 6.07) is 10.9. The normalized spacial score (nSPS) is 15.0. The number of halogens is 8. The van der Waals surface area contributed by atoms with Crippen LogP contribution in [0.15, 0.2) is 58.3 Å². The van der Waals surface area contributed by atoms with Gasteiger partial charge in [0.05, 0.1) is 0 Å². The first-order valence-electron chi connectivity index (χ1n) is 6.78. The van der Waals surface area contributed by atoms with Crippen molar-refractivity contribution in [2.45, 2.75) is 32.9 Å². The first-order chi connectivity index (χ1) is 11.5. The van der Waals surface area contributed by atoms with Crippen LogP contribution < -0.4 is 0 Å². The van der Waals surface area contributed by atoms with Crippen LogP contribution in [0.1, 0.15) is 21.9 Å². The Balaban J connectivity index is 2.08. The van der Waals surface area contributed by atoms with Gasteiger partial charge in [0.2, 0.25) is 0 Å². The van der Waals surface area contributed by atoms with Crippen LogP contribution in [0.25, 0.3) is 0 Å². The van der Waals surface area contributed by atoms with Gasteiger partial charge < -0.3 is 0 Å². The van der Waals surface area contributed by atoms with E-state index < -0.39 is 23.1 Å². The van der Waals surface area contributed by atoms with E-state index in [1.807, 2.05) is 0 Å². The minimum absolute atomic E-state index is 0.0796. The molecule has 0 amide bonds. The fourth-order valence-electron chi connectivity index (χ4n) is 1.92. The van der Waals surface area contributed by atoms with Crippen molar-refractivity contribution in [2.24, 2.45) is 0 Å². The maximum Gasteiger partial charge on any atom is 0.408 e. The average molecular weight is 419 g/mol. The zero-order valence-corrected chi connectivity index (χ0v) is 14.5. The van der Waals surface area contributed by atoms with Gasteiger partial charge in [-0.2, -0.15) is 26.3 Å². The fourth-order valence-corrected chi connectivity index (χ4v) is 3.03. The third-order valence-corrected chi connectivity index (χ3v) is 5.17. The molecule has 0 aliphatic rings. The Labute approximate surface area is 154 Å². The third kappa shape index (κ3) is 5.46. The summed E-state index contributed by atoms with van der Waals surface area (Å²) in [5.41, 5.74) is -0.159. The van der Waals surface area contributed by atoms with Gasteiger partial charge in [-0.3, -0.25) is 0 Å². The van der Waals surface area contributed by atoms with Crippen LogP contribution in [-0.2, 0) is 0 Å². The molecule has 9 heteroatoms. The summed E-state index contributed by atoms with van der Waals surface area (Å²) in [5, 5.41) is -4.18. The lowest BCUT2D eigenvalue weighted by Gasteiger charge is -2.15. The third-order valence-electron chi connectivity index (χ3n) is 3.16. The highest BCUT2D eigenvalue weighted by atomic mass is 35.5. The van der Waals surface area contributed by atoms with Gasteiger partial charge in [0.15, 0.2) is 10.8 Å². The number of hydrogen-bond acceptors (Lipinski definition) is 1. The molecule has 2 aromatic rings. The fraction of sp³-hybridized carbons (Fsp3) is 0.250. The molecule has 0 spiro atoms. The molecule has 0 nitrogen and oxygen atoms in total. The molecule has 0 saturated heterocycles. The van der Waals surface area contributed by atoms with E-state index in [2.05, 4.69) is 0 Å². The number of alkyl halides is 8. The van der Waals surface area contributed by atoms with E-state index in [-0.39, 0.29) is 11.1 Å². The lowest BCUT2D eigenvalue weighted by molar-refractivity contribution is -0.132. The zero-order valence-electron chi connectivity index (χ0n) is 12.2. The van der Waals surface area contributed by atoms with E-state index in [1.54, 1.807) is 0 Å². The standard InChI is InChI=1S/C16H10Cl2F6S/c17-13(15(19,20)21)9-1-5-11(6-2-9)25-12-7-3-10(4-8-12)14(18)16(22,23)24/h1-8,13-14H. The van der Waals surface area contributed by atoms with Gasteiger partial charge in [-0.1, -0.05) is 36.0 Å². The molecule has 2 unspecified atom stereocenters. The van der Waals surface area contributed by atoms with E-state index in [0.717, 1.165) is 0 Å². The minimum atomic E-state index is -4.54. The Morgan fingerprint density at radius 2 is 0.880 bits per heavy atom. The van der Waals surface area contributed by atoms with Crippen molar-refractivity contribution in [2.75, 3.05) is 0 Å². The highest BCUT2D eigenvalue weighted by Crippen LogP contribution is 2.40. The zero-order chi connectivity index (χ0) is 18.8. The first-order valence-corrected chi connectivity index (χ1v) is 8.47. The monoisotopic (exact) mass is 418 g/mol. The van der Waals surface area contributed by atoms with Crippen LogP contribution in [0.5, 0.6) is 0 Å². The molecule has 0 fully saturated rings. The van der Waals surface area contributed by atoms with E-state index in [4.69, 9.17) is 23.2 Å². The second kappa shape index (κ2) is 7.68. The summed E-state index contributed by atoms with van der Waals surface area (Å²) < 4.78 is 75.2. The molecule has 0 aromatic heterocycles. The maximum absolute atomic E-state index is 12.5. The summed E-state index contributed by atoms with van der Waals surface area (Å²) >= 11 is 11.9. The maximum atomic E-state index is 12.5. The second-order valence-electron chi connectivity index (χ2n) is 5.05. The van der Waals surface area contributed by atoms with E-state index in [0.29, 0.717) is 9.79 Å². The molecule has 2 aromatic carbocycles. The quantitative estimate of drug-likeness (QED) is 0.365. The van der Waals surface area contributed by atoms with E-state index >= 15 is 0 Å². The molecule has 0 bridgehead atoms. The lowest BCUT2D eigenvalue weighted by Crippen LogP contribution is -2.15. The molecular formula is C16H10Cl2F6S. The number of hydrogen-bond donors (Lipinski definition) is 0. The highest BCUT2D eigenvalue weighted by Gasteiger charge is 2.40. The van der Waals surface area contributed by atoms with Gasteiger partial charge in [0.25, 0.3) is 0 Å². The van der Waals surface area contributed by atoms with Crippen LogP contribution in [0, 0.1) is 0 Å². The van der Waals surface area contributed by atoms with Gasteiger partial charge in [-0.15, -0.1) is 23.2 Å². The first kappa shape index (κ1) is 20.3. The minimum Gasteiger partial charge on any atom is -0.169 e. The summed E-state index contributed by atoms with van der Waals surface area (Å²) in [5.74, 6) is 0. The smallest absolute Gasteiger partial charge is 0.169 e. The van der Waals surface area contributed by atoms with Crippen molar-refractivity contribution < 1.29 is 26.3 Å².